The van der Waals surface area contributed by atoms with Crippen LogP contribution >= 0.6 is 11.3 Å². The fourth-order valence-corrected chi connectivity index (χ4v) is 3.25. The van der Waals surface area contributed by atoms with Gasteiger partial charge in [0.25, 0.3) is 0 Å². The van der Waals surface area contributed by atoms with E-state index in [4.69, 9.17) is 0 Å². The van der Waals surface area contributed by atoms with Crippen molar-refractivity contribution in [3.05, 3.63) is 83.7 Å². The van der Waals surface area contributed by atoms with E-state index >= 15 is 0 Å². The van der Waals surface area contributed by atoms with Crippen LogP contribution in [0, 0.1) is 0 Å². The largest absolute Gasteiger partial charge is 0.417 e. The fourth-order valence-electron chi connectivity index (χ4n) is 2.49. The van der Waals surface area contributed by atoms with Crippen LogP contribution in [0.1, 0.15) is 5.56 Å². The lowest BCUT2D eigenvalue weighted by molar-refractivity contribution is -0.112. The van der Waals surface area contributed by atoms with Crippen molar-refractivity contribution in [2.75, 3.05) is 5.32 Å². The molecule has 3 aromatic rings. The maximum Gasteiger partial charge on any atom is 0.417 e. The topological polar surface area (TPSA) is 29.1 Å². The summed E-state index contributed by atoms with van der Waals surface area (Å²) in [5, 5.41) is 4.46. The molecule has 0 saturated heterocycles. The minimum atomic E-state index is -4.63. The maximum atomic E-state index is 13.4. The molecule has 0 aliphatic rings. The molecule has 0 aliphatic carbocycles. The molecule has 132 valence electrons. The van der Waals surface area contributed by atoms with E-state index in [9.17, 15) is 18.0 Å². The molecule has 0 fully saturated rings. The lowest BCUT2D eigenvalue weighted by Gasteiger charge is -2.13. The van der Waals surface area contributed by atoms with Crippen molar-refractivity contribution in [2.24, 2.45) is 0 Å². The number of benzene rings is 2. The number of rotatable bonds is 4. The highest BCUT2D eigenvalue weighted by Crippen LogP contribution is 2.34. The van der Waals surface area contributed by atoms with Crippen LogP contribution < -0.4 is 5.32 Å². The van der Waals surface area contributed by atoms with Gasteiger partial charge in [0, 0.05) is 22.2 Å². The Labute approximate surface area is 152 Å². The molecular weight excluding hydrogens is 359 g/mol. The second-order valence-electron chi connectivity index (χ2n) is 5.43. The van der Waals surface area contributed by atoms with Crippen molar-refractivity contribution in [3.8, 4) is 10.4 Å². The third-order valence-electron chi connectivity index (χ3n) is 3.64. The Bertz CT molecular complexity index is 916. The molecule has 0 atom stereocenters. The average Bonchev–Trinajstić information content (AvgIpc) is 3.14. The first-order chi connectivity index (χ1) is 12.4. The van der Waals surface area contributed by atoms with Crippen LogP contribution in [0.5, 0.6) is 0 Å². The van der Waals surface area contributed by atoms with Crippen molar-refractivity contribution in [1.82, 2.24) is 0 Å². The van der Waals surface area contributed by atoms with Crippen LogP contribution in [-0.2, 0) is 4.79 Å². The third-order valence-corrected chi connectivity index (χ3v) is 4.54. The first kappa shape index (κ1) is 17.9. The Morgan fingerprint density at radius 2 is 1.62 bits per heavy atom. The van der Waals surface area contributed by atoms with E-state index in [1.54, 1.807) is 18.2 Å². The Balaban J connectivity index is 1.92. The maximum absolute atomic E-state index is 13.4. The van der Waals surface area contributed by atoms with Gasteiger partial charge in [0.2, 0.25) is 5.91 Å². The van der Waals surface area contributed by atoms with Gasteiger partial charge in [-0.3, -0.25) is 4.79 Å². The molecule has 26 heavy (non-hydrogen) atoms. The third kappa shape index (κ3) is 4.21. The summed E-state index contributed by atoms with van der Waals surface area (Å²) in [6, 6.07) is 18.0. The van der Waals surface area contributed by atoms with Crippen molar-refractivity contribution < 1.29 is 18.0 Å². The number of para-hydroxylation sites is 1. The number of carbonyl (C=O) groups is 1. The monoisotopic (exact) mass is 373 g/mol. The van der Waals surface area contributed by atoms with Gasteiger partial charge in [-0.1, -0.05) is 54.6 Å². The summed E-state index contributed by atoms with van der Waals surface area (Å²) < 4.78 is 40.1. The zero-order chi connectivity index (χ0) is 18.6. The molecule has 0 unspecified atom stereocenters. The molecular formula is C20H14F3NOS. The standard InChI is InChI=1S/C20H14F3NOS/c21-20(22,23)16(14-7-2-1-3-8-14)13-19(25)24-17-10-5-4-9-15(17)18-11-6-12-26-18/h1-13H,(H,24,25)/b16-13+. The molecule has 1 amide bonds. The Hall–Kier alpha value is -2.86. The molecule has 1 aromatic heterocycles. The second-order valence-corrected chi connectivity index (χ2v) is 6.38. The lowest BCUT2D eigenvalue weighted by Crippen LogP contribution is -2.16. The lowest BCUT2D eigenvalue weighted by atomic mass is 10.0. The van der Waals surface area contributed by atoms with E-state index in [2.05, 4.69) is 5.32 Å². The van der Waals surface area contributed by atoms with Crippen LogP contribution in [0.25, 0.3) is 16.0 Å². The molecule has 0 radical (unpaired) electrons. The molecule has 1 heterocycles. The first-order valence-corrected chi connectivity index (χ1v) is 8.61. The van der Waals surface area contributed by atoms with Crippen molar-refractivity contribution in [1.29, 1.82) is 0 Å². The Morgan fingerprint density at radius 1 is 0.923 bits per heavy atom. The second kappa shape index (κ2) is 7.58. The molecule has 3 rings (SSSR count). The van der Waals surface area contributed by atoms with E-state index in [1.165, 1.54) is 35.6 Å². The van der Waals surface area contributed by atoms with Crippen molar-refractivity contribution >= 4 is 28.5 Å². The summed E-state index contributed by atoms with van der Waals surface area (Å²) in [5.74, 6) is -0.829. The number of amides is 1. The van der Waals surface area contributed by atoms with Crippen LogP contribution in [0.4, 0.5) is 18.9 Å². The fraction of sp³-hybridized carbons (Fsp3) is 0.0500. The zero-order valence-corrected chi connectivity index (χ0v) is 14.3. The quantitative estimate of drug-likeness (QED) is 0.559. The van der Waals surface area contributed by atoms with Crippen molar-refractivity contribution in [3.63, 3.8) is 0 Å². The SMILES string of the molecule is O=C(/C=C(\c1ccccc1)C(F)(F)F)Nc1ccccc1-c1cccs1. The summed E-state index contributed by atoms with van der Waals surface area (Å²) in [4.78, 5) is 13.2. The van der Waals surface area contributed by atoms with E-state index < -0.39 is 17.7 Å². The molecule has 0 spiro atoms. The summed E-state index contributed by atoms with van der Waals surface area (Å²) in [5.41, 5.74) is 0.189. The first-order valence-electron chi connectivity index (χ1n) is 7.73. The van der Waals surface area contributed by atoms with Crippen LogP contribution in [0.15, 0.2) is 78.2 Å². The highest BCUT2D eigenvalue weighted by Gasteiger charge is 2.35. The number of allylic oxidation sites excluding steroid dienone is 1. The number of hydrogen-bond acceptors (Lipinski definition) is 2. The molecule has 1 N–H and O–H groups in total. The highest BCUT2D eigenvalue weighted by molar-refractivity contribution is 7.13. The molecule has 2 nitrogen and oxygen atoms in total. The molecule has 2 aromatic carbocycles. The molecule has 0 saturated carbocycles. The summed E-state index contributed by atoms with van der Waals surface area (Å²) in [6.45, 7) is 0. The van der Waals surface area contributed by atoms with Crippen LogP contribution in [0.3, 0.4) is 0 Å². The van der Waals surface area contributed by atoms with Gasteiger partial charge < -0.3 is 5.32 Å². The van der Waals surface area contributed by atoms with Gasteiger partial charge in [0.1, 0.15) is 0 Å². The highest BCUT2D eigenvalue weighted by atomic mass is 32.1. The Kier molecular flexibility index (Phi) is 5.23. The van der Waals surface area contributed by atoms with E-state index in [-0.39, 0.29) is 5.56 Å². The number of hydrogen-bond donors (Lipinski definition) is 1. The minimum Gasteiger partial charge on any atom is -0.322 e. The van der Waals surface area contributed by atoms with Gasteiger partial charge in [-0.25, -0.2) is 0 Å². The summed E-state index contributed by atoms with van der Waals surface area (Å²) >= 11 is 1.49. The zero-order valence-electron chi connectivity index (χ0n) is 13.5. The van der Waals surface area contributed by atoms with Crippen LogP contribution in [-0.4, -0.2) is 12.1 Å². The van der Waals surface area contributed by atoms with Crippen molar-refractivity contribution in [2.45, 2.75) is 6.18 Å². The number of anilines is 1. The summed E-state index contributed by atoms with van der Waals surface area (Å²) in [7, 11) is 0. The van der Waals surface area contributed by atoms with E-state index in [0.717, 1.165) is 10.4 Å². The summed E-state index contributed by atoms with van der Waals surface area (Å²) in [6.07, 6.45) is -4.04. The smallest absolute Gasteiger partial charge is 0.322 e. The number of thiophene rings is 1. The normalized spacial score (nSPS) is 12.0. The number of halogens is 3. The number of nitrogens with one attached hydrogen (secondary N) is 1. The Morgan fingerprint density at radius 3 is 2.27 bits per heavy atom. The molecule has 6 heteroatoms. The number of carbonyl (C=O) groups excluding carboxylic acids is 1. The van der Waals surface area contributed by atoms with Gasteiger partial charge in [-0.2, -0.15) is 13.2 Å². The number of alkyl halides is 3. The van der Waals surface area contributed by atoms with Gasteiger partial charge in [-0.15, -0.1) is 11.3 Å². The molecule has 0 bridgehead atoms. The predicted molar refractivity (Wildman–Crippen MR) is 98.9 cm³/mol. The minimum absolute atomic E-state index is 0.0540. The average molecular weight is 373 g/mol. The van der Waals surface area contributed by atoms with E-state index in [0.29, 0.717) is 11.8 Å². The van der Waals surface area contributed by atoms with Crippen LogP contribution in [0.2, 0.25) is 0 Å². The van der Waals surface area contributed by atoms with Gasteiger partial charge in [-0.05, 0) is 23.1 Å². The van der Waals surface area contributed by atoms with Gasteiger partial charge in [0.05, 0.1) is 5.57 Å². The van der Waals surface area contributed by atoms with Gasteiger partial charge >= 0.3 is 6.18 Å². The van der Waals surface area contributed by atoms with E-state index in [1.807, 2.05) is 29.6 Å². The molecule has 0 aliphatic heterocycles. The predicted octanol–water partition coefficient (Wildman–Crippen LogP) is 6.00. The van der Waals surface area contributed by atoms with Gasteiger partial charge in [0.15, 0.2) is 0 Å².